The third kappa shape index (κ3) is 2.20. The summed E-state index contributed by atoms with van der Waals surface area (Å²) in [5.74, 6) is -0.755. The lowest BCUT2D eigenvalue weighted by Crippen LogP contribution is -2.06. The number of pyridine rings is 1. The molecule has 0 amide bonds. The van der Waals surface area contributed by atoms with Gasteiger partial charge in [-0.05, 0) is 9.91 Å². The second-order valence-electron chi connectivity index (χ2n) is 2.83. The Labute approximate surface area is 88.5 Å². The van der Waals surface area contributed by atoms with Crippen molar-refractivity contribution in [2.75, 3.05) is 5.73 Å². The minimum Gasteiger partial charge on any atom is -0.398 e. The molecule has 8 heteroatoms. The van der Waals surface area contributed by atoms with E-state index in [9.17, 15) is 18.9 Å². The van der Waals surface area contributed by atoms with Crippen molar-refractivity contribution in [3.63, 3.8) is 0 Å². The molecule has 0 spiro atoms. The van der Waals surface area contributed by atoms with E-state index < -0.39 is 22.9 Å². The number of alkyl halides is 2. The van der Waals surface area contributed by atoms with Crippen LogP contribution in [0.4, 0.5) is 20.3 Å². The fraction of sp³-hybridized carbons (Fsp3) is 0.250. The average Bonchev–Trinajstić information content (AvgIpc) is 2.20. The summed E-state index contributed by atoms with van der Waals surface area (Å²) in [4.78, 5) is 12.6. The number of nitro groups is 1. The van der Waals surface area contributed by atoms with Gasteiger partial charge in [-0.1, -0.05) is 0 Å². The zero-order valence-corrected chi connectivity index (χ0v) is 7.85. The summed E-state index contributed by atoms with van der Waals surface area (Å²) < 4.78 is 25.0. The van der Waals surface area contributed by atoms with Gasteiger partial charge < -0.3 is 15.8 Å². The highest BCUT2D eigenvalue weighted by atomic mass is 19.3. The molecule has 1 heterocycles. The second kappa shape index (κ2) is 4.48. The summed E-state index contributed by atoms with van der Waals surface area (Å²) in [7, 11) is 0. The summed E-state index contributed by atoms with van der Waals surface area (Å²) in [5, 5.41) is 18.8. The minimum absolute atomic E-state index is 0.164. The second-order valence-corrected chi connectivity index (χ2v) is 2.83. The standard InChI is InChI=1S/C8H6F2N4O2/c9-8(10)7-4(1-2-11)5(12)3-6(13-7)14(15)16/h3,8H,1H2,(H2,12,13). The van der Waals surface area contributed by atoms with Crippen LogP contribution in [0.3, 0.4) is 0 Å². The Morgan fingerprint density at radius 1 is 1.69 bits per heavy atom. The van der Waals surface area contributed by atoms with Crippen molar-refractivity contribution in [2.45, 2.75) is 12.8 Å². The molecule has 0 bridgehead atoms. The molecule has 1 aromatic rings. The highest BCUT2D eigenvalue weighted by Crippen LogP contribution is 2.28. The Morgan fingerprint density at radius 3 is 2.75 bits per heavy atom. The first kappa shape index (κ1) is 11.8. The smallest absolute Gasteiger partial charge is 0.366 e. The van der Waals surface area contributed by atoms with Crippen molar-refractivity contribution in [3.8, 4) is 6.07 Å². The van der Waals surface area contributed by atoms with Gasteiger partial charge in [0, 0.05) is 11.3 Å². The zero-order valence-electron chi connectivity index (χ0n) is 7.85. The molecular weight excluding hydrogens is 222 g/mol. The number of aromatic nitrogens is 1. The fourth-order valence-corrected chi connectivity index (χ4v) is 1.14. The lowest BCUT2D eigenvalue weighted by molar-refractivity contribution is -0.389. The molecule has 6 nitrogen and oxygen atoms in total. The molecule has 0 aliphatic rings. The van der Waals surface area contributed by atoms with E-state index in [-0.39, 0.29) is 17.7 Å². The molecule has 0 aliphatic carbocycles. The third-order valence-electron chi connectivity index (χ3n) is 1.83. The van der Waals surface area contributed by atoms with Crippen LogP contribution in [0.15, 0.2) is 6.07 Å². The SMILES string of the molecule is N#CCc1c(N)cc([N+](=O)[O-])nc1C(F)F. The number of hydrogen-bond acceptors (Lipinski definition) is 5. The molecule has 1 rings (SSSR count). The number of rotatable bonds is 3. The maximum Gasteiger partial charge on any atom is 0.366 e. The number of nitrogens with two attached hydrogens (primary N) is 1. The summed E-state index contributed by atoms with van der Waals surface area (Å²) in [6, 6.07) is 2.51. The summed E-state index contributed by atoms with van der Waals surface area (Å²) in [6.07, 6.45) is -3.37. The lowest BCUT2D eigenvalue weighted by atomic mass is 10.1. The van der Waals surface area contributed by atoms with E-state index >= 15 is 0 Å². The van der Waals surface area contributed by atoms with Gasteiger partial charge in [0.25, 0.3) is 0 Å². The van der Waals surface area contributed by atoms with Gasteiger partial charge in [-0.15, -0.1) is 0 Å². The Bertz CT molecular complexity index is 470. The lowest BCUT2D eigenvalue weighted by Gasteiger charge is -2.04. The predicted octanol–water partition coefficient (Wildman–Crippen LogP) is 1.58. The first-order valence-corrected chi connectivity index (χ1v) is 4.06. The van der Waals surface area contributed by atoms with Crippen molar-refractivity contribution in [2.24, 2.45) is 0 Å². The van der Waals surface area contributed by atoms with Gasteiger partial charge in [0.2, 0.25) is 5.69 Å². The van der Waals surface area contributed by atoms with Crippen LogP contribution >= 0.6 is 0 Å². The molecule has 0 aliphatic heterocycles. The summed E-state index contributed by atoms with van der Waals surface area (Å²) in [5.41, 5.74) is 4.16. The van der Waals surface area contributed by atoms with Gasteiger partial charge in [0.15, 0.2) is 0 Å². The molecule has 0 atom stereocenters. The quantitative estimate of drug-likeness (QED) is 0.624. The van der Waals surface area contributed by atoms with E-state index in [4.69, 9.17) is 11.0 Å². The molecule has 0 aromatic carbocycles. The van der Waals surface area contributed by atoms with Gasteiger partial charge in [-0.2, -0.15) is 5.26 Å². The monoisotopic (exact) mass is 228 g/mol. The van der Waals surface area contributed by atoms with Gasteiger partial charge in [0.05, 0.1) is 18.6 Å². The van der Waals surface area contributed by atoms with Crippen LogP contribution in [0, 0.1) is 21.4 Å². The largest absolute Gasteiger partial charge is 0.398 e. The highest BCUT2D eigenvalue weighted by molar-refractivity contribution is 5.54. The molecule has 84 valence electrons. The van der Waals surface area contributed by atoms with E-state index in [0.29, 0.717) is 0 Å². The normalized spacial score (nSPS) is 10.1. The molecule has 0 fully saturated rings. The van der Waals surface area contributed by atoms with E-state index in [1.165, 1.54) is 0 Å². The van der Waals surface area contributed by atoms with Crippen molar-refractivity contribution in [3.05, 3.63) is 27.4 Å². The van der Waals surface area contributed by atoms with Crippen molar-refractivity contribution in [1.82, 2.24) is 4.98 Å². The Morgan fingerprint density at radius 2 is 2.31 bits per heavy atom. The molecule has 1 aromatic heterocycles. The minimum atomic E-state index is -3.01. The zero-order chi connectivity index (χ0) is 12.3. The number of halogens is 2. The first-order valence-electron chi connectivity index (χ1n) is 4.06. The van der Waals surface area contributed by atoms with Crippen molar-refractivity contribution in [1.29, 1.82) is 5.26 Å². The number of nitrogens with zero attached hydrogens (tertiary/aromatic N) is 3. The number of anilines is 1. The van der Waals surface area contributed by atoms with Crippen LogP contribution in [0.25, 0.3) is 0 Å². The maximum absolute atomic E-state index is 12.5. The third-order valence-corrected chi connectivity index (χ3v) is 1.83. The van der Waals surface area contributed by atoms with Crippen LogP contribution in [0.5, 0.6) is 0 Å². The predicted molar refractivity (Wildman–Crippen MR) is 49.6 cm³/mol. The molecule has 0 saturated heterocycles. The Hall–Kier alpha value is -2.30. The van der Waals surface area contributed by atoms with Crippen LogP contribution in [0.1, 0.15) is 17.7 Å². The first-order chi connectivity index (χ1) is 7.47. The number of hydrogen-bond donors (Lipinski definition) is 1. The van der Waals surface area contributed by atoms with Crippen molar-refractivity contribution >= 4 is 11.5 Å². The number of nitrogen functional groups attached to an aromatic ring is 1. The highest BCUT2D eigenvalue weighted by Gasteiger charge is 2.25. The molecule has 0 radical (unpaired) electrons. The van der Waals surface area contributed by atoms with Crippen LogP contribution in [0.2, 0.25) is 0 Å². The molecule has 2 N–H and O–H groups in total. The molecule has 0 saturated carbocycles. The topological polar surface area (TPSA) is 106 Å². The maximum atomic E-state index is 12.5. The van der Waals surface area contributed by atoms with Crippen LogP contribution < -0.4 is 5.73 Å². The Balaban J connectivity index is 3.40. The summed E-state index contributed by atoms with van der Waals surface area (Å²) >= 11 is 0. The van der Waals surface area contributed by atoms with Crippen molar-refractivity contribution < 1.29 is 13.7 Å². The summed E-state index contributed by atoms with van der Waals surface area (Å²) in [6.45, 7) is 0. The van der Waals surface area contributed by atoms with Crippen LogP contribution in [-0.2, 0) is 6.42 Å². The van der Waals surface area contributed by atoms with Gasteiger partial charge in [0.1, 0.15) is 0 Å². The number of nitriles is 1. The van der Waals surface area contributed by atoms with E-state index in [1.807, 2.05) is 0 Å². The van der Waals surface area contributed by atoms with E-state index in [1.54, 1.807) is 6.07 Å². The Kier molecular flexibility index (Phi) is 3.30. The molecule has 16 heavy (non-hydrogen) atoms. The van der Waals surface area contributed by atoms with Crippen LogP contribution in [-0.4, -0.2) is 9.91 Å². The van der Waals surface area contributed by atoms with Gasteiger partial charge in [-0.3, -0.25) is 0 Å². The fourth-order valence-electron chi connectivity index (χ4n) is 1.14. The van der Waals surface area contributed by atoms with Gasteiger partial charge >= 0.3 is 12.2 Å². The molecule has 0 unspecified atom stereocenters. The van der Waals surface area contributed by atoms with Gasteiger partial charge in [-0.25, -0.2) is 8.78 Å². The average molecular weight is 228 g/mol. The van der Waals surface area contributed by atoms with E-state index in [0.717, 1.165) is 6.07 Å². The molecular formula is C8H6F2N4O2. The van der Waals surface area contributed by atoms with E-state index in [2.05, 4.69) is 4.98 Å².